The number of likely N-dealkylation sites (tertiary alicyclic amines) is 1. The fraction of sp³-hybridized carbons (Fsp3) is 0.600. The van der Waals surface area contributed by atoms with E-state index in [-0.39, 0.29) is 24.0 Å². The van der Waals surface area contributed by atoms with E-state index in [1.165, 1.54) is 30.8 Å². The molecule has 1 unspecified atom stereocenters. The first-order valence-electron chi connectivity index (χ1n) is 9.94. The van der Waals surface area contributed by atoms with E-state index in [1.54, 1.807) is 0 Å². The van der Waals surface area contributed by atoms with Crippen molar-refractivity contribution in [2.45, 2.75) is 38.8 Å². The number of piperidine rings is 1. The molecule has 3 rings (SSSR count). The number of aromatic nitrogens is 2. The van der Waals surface area contributed by atoms with E-state index in [0.717, 1.165) is 37.9 Å². The molecular weight excluding hydrogens is 483 g/mol. The number of halogens is 1. The van der Waals surface area contributed by atoms with Crippen molar-refractivity contribution < 1.29 is 0 Å². The van der Waals surface area contributed by atoms with Gasteiger partial charge in [-0.2, -0.15) is 0 Å². The Morgan fingerprint density at radius 1 is 1.36 bits per heavy atom. The molecule has 28 heavy (non-hydrogen) atoms. The largest absolute Gasteiger partial charge is 0.356 e. The summed E-state index contributed by atoms with van der Waals surface area (Å²) < 4.78 is 2.10. The summed E-state index contributed by atoms with van der Waals surface area (Å²) >= 11 is 1.85. The highest BCUT2D eigenvalue weighted by Gasteiger charge is 2.25. The maximum Gasteiger partial charge on any atom is 0.191 e. The van der Waals surface area contributed by atoms with Crippen LogP contribution in [0.3, 0.4) is 0 Å². The smallest absolute Gasteiger partial charge is 0.191 e. The number of rotatable bonds is 8. The Balaban J connectivity index is 0.00000280. The zero-order chi connectivity index (χ0) is 18.9. The Bertz CT molecular complexity index is 665. The van der Waals surface area contributed by atoms with Crippen LogP contribution in [0.1, 0.15) is 37.1 Å². The summed E-state index contributed by atoms with van der Waals surface area (Å²) in [6.07, 6.45) is 9.30. The average Bonchev–Trinajstić information content (AvgIpc) is 3.39. The van der Waals surface area contributed by atoms with E-state index in [2.05, 4.69) is 54.5 Å². The van der Waals surface area contributed by atoms with Gasteiger partial charge in [-0.1, -0.05) is 13.0 Å². The number of aryl methyl sites for hydroxylation is 1. The molecule has 156 valence electrons. The van der Waals surface area contributed by atoms with Crippen LogP contribution in [-0.2, 0) is 6.54 Å². The zero-order valence-electron chi connectivity index (χ0n) is 16.9. The lowest BCUT2D eigenvalue weighted by Gasteiger charge is -2.36. The second kappa shape index (κ2) is 12.4. The van der Waals surface area contributed by atoms with E-state index in [0.29, 0.717) is 6.04 Å². The number of hydrogen-bond acceptors (Lipinski definition) is 4. The lowest BCUT2D eigenvalue weighted by Crippen LogP contribution is -2.45. The van der Waals surface area contributed by atoms with E-state index >= 15 is 0 Å². The maximum atomic E-state index is 4.39. The molecule has 0 aliphatic carbocycles. The van der Waals surface area contributed by atoms with Crippen molar-refractivity contribution in [2.75, 3.05) is 33.2 Å². The molecule has 0 aromatic carbocycles. The van der Waals surface area contributed by atoms with Gasteiger partial charge in [-0.3, -0.25) is 9.89 Å². The maximum absolute atomic E-state index is 4.39. The van der Waals surface area contributed by atoms with Crippen molar-refractivity contribution in [3.63, 3.8) is 0 Å². The number of nitrogens with one attached hydrogen (secondary N) is 2. The number of imidazole rings is 1. The number of nitrogens with zero attached hydrogens (tertiary/aromatic N) is 4. The van der Waals surface area contributed by atoms with Gasteiger partial charge in [-0.05, 0) is 49.7 Å². The van der Waals surface area contributed by atoms with Crippen molar-refractivity contribution in [2.24, 2.45) is 10.9 Å². The van der Waals surface area contributed by atoms with Gasteiger partial charge in [0.2, 0.25) is 0 Å². The van der Waals surface area contributed by atoms with Gasteiger partial charge < -0.3 is 15.2 Å². The number of guanidine groups is 1. The molecule has 0 amide bonds. The quantitative estimate of drug-likeness (QED) is 0.244. The summed E-state index contributed by atoms with van der Waals surface area (Å²) in [5, 5.41) is 9.16. The number of thiophene rings is 1. The van der Waals surface area contributed by atoms with Crippen LogP contribution in [-0.4, -0.2) is 53.6 Å². The van der Waals surface area contributed by atoms with E-state index in [9.17, 15) is 0 Å². The van der Waals surface area contributed by atoms with Gasteiger partial charge in [0, 0.05) is 44.0 Å². The molecule has 0 radical (unpaired) electrons. The number of aliphatic imine (C=N–C) groups is 1. The Morgan fingerprint density at radius 2 is 2.18 bits per heavy atom. The lowest BCUT2D eigenvalue weighted by molar-refractivity contribution is 0.140. The van der Waals surface area contributed by atoms with Crippen LogP contribution in [0, 0.1) is 5.92 Å². The Kier molecular flexibility index (Phi) is 10.3. The standard InChI is InChI=1S/C20H32N6S.HI/c1-17-6-11-26(12-7-17)18(19-5-3-14-27-19)15-24-20(21-2)23-8-4-10-25-13-9-22-16-25;/h3,5,9,13-14,16-18H,4,6-8,10-12,15H2,1-2H3,(H2,21,23,24);1H. The molecule has 1 saturated heterocycles. The molecule has 6 nitrogen and oxygen atoms in total. The van der Waals surface area contributed by atoms with Gasteiger partial charge in [0.15, 0.2) is 5.96 Å². The molecule has 3 heterocycles. The third kappa shape index (κ3) is 7.04. The highest BCUT2D eigenvalue weighted by atomic mass is 127. The van der Waals surface area contributed by atoms with E-state index in [4.69, 9.17) is 0 Å². The molecule has 0 spiro atoms. The fourth-order valence-corrected chi connectivity index (χ4v) is 4.39. The molecule has 0 saturated carbocycles. The second-order valence-electron chi connectivity index (χ2n) is 7.28. The monoisotopic (exact) mass is 516 g/mol. The van der Waals surface area contributed by atoms with Crippen LogP contribution in [0.25, 0.3) is 0 Å². The van der Waals surface area contributed by atoms with E-state index in [1.807, 2.05) is 37.1 Å². The van der Waals surface area contributed by atoms with Crippen LogP contribution in [0.15, 0.2) is 41.2 Å². The van der Waals surface area contributed by atoms with Crippen LogP contribution in [0.2, 0.25) is 0 Å². The van der Waals surface area contributed by atoms with Crippen molar-refractivity contribution in [1.82, 2.24) is 25.1 Å². The van der Waals surface area contributed by atoms with Crippen molar-refractivity contribution in [1.29, 1.82) is 0 Å². The van der Waals surface area contributed by atoms with Crippen LogP contribution in [0.4, 0.5) is 0 Å². The molecule has 1 atom stereocenters. The predicted molar refractivity (Wildman–Crippen MR) is 129 cm³/mol. The predicted octanol–water partition coefficient (Wildman–Crippen LogP) is 3.59. The highest BCUT2D eigenvalue weighted by molar-refractivity contribution is 14.0. The van der Waals surface area contributed by atoms with Crippen LogP contribution >= 0.6 is 35.3 Å². The normalized spacial score (nSPS) is 17.1. The molecule has 2 N–H and O–H groups in total. The minimum Gasteiger partial charge on any atom is -0.356 e. The minimum atomic E-state index is 0. The fourth-order valence-electron chi connectivity index (χ4n) is 3.53. The van der Waals surface area contributed by atoms with Gasteiger partial charge in [0.05, 0.1) is 12.4 Å². The Labute approximate surface area is 189 Å². The Morgan fingerprint density at radius 3 is 2.82 bits per heavy atom. The van der Waals surface area contributed by atoms with Crippen LogP contribution < -0.4 is 10.6 Å². The molecular formula is C20H33IN6S. The van der Waals surface area contributed by atoms with Crippen molar-refractivity contribution in [3.05, 3.63) is 41.1 Å². The van der Waals surface area contributed by atoms with Gasteiger partial charge in [-0.15, -0.1) is 35.3 Å². The van der Waals surface area contributed by atoms with Crippen LogP contribution in [0.5, 0.6) is 0 Å². The molecule has 0 bridgehead atoms. The third-order valence-electron chi connectivity index (χ3n) is 5.26. The third-order valence-corrected chi connectivity index (χ3v) is 6.24. The number of hydrogen-bond donors (Lipinski definition) is 2. The van der Waals surface area contributed by atoms with Gasteiger partial charge in [-0.25, -0.2) is 4.98 Å². The second-order valence-corrected chi connectivity index (χ2v) is 8.26. The lowest BCUT2D eigenvalue weighted by atomic mass is 9.97. The summed E-state index contributed by atoms with van der Waals surface area (Å²) in [6, 6.07) is 4.83. The topological polar surface area (TPSA) is 57.5 Å². The van der Waals surface area contributed by atoms with Gasteiger partial charge in [0.1, 0.15) is 0 Å². The molecule has 2 aromatic rings. The summed E-state index contributed by atoms with van der Waals surface area (Å²) in [5.74, 6) is 1.73. The highest BCUT2D eigenvalue weighted by Crippen LogP contribution is 2.28. The molecule has 1 aliphatic heterocycles. The van der Waals surface area contributed by atoms with Crippen molar-refractivity contribution in [3.8, 4) is 0 Å². The molecule has 1 fully saturated rings. The van der Waals surface area contributed by atoms with E-state index < -0.39 is 0 Å². The minimum absolute atomic E-state index is 0. The zero-order valence-corrected chi connectivity index (χ0v) is 20.0. The summed E-state index contributed by atoms with van der Waals surface area (Å²) in [6.45, 7) is 7.47. The summed E-state index contributed by atoms with van der Waals surface area (Å²) in [4.78, 5) is 12.5. The SMILES string of the molecule is CN=C(NCCCn1ccnc1)NCC(c1cccs1)N1CCC(C)CC1.I. The van der Waals surface area contributed by atoms with Gasteiger partial charge >= 0.3 is 0 Å². The first-order valence-corrected chi connectivity index (χ1v) is 10.8. The summed E-state index contributed by atoms with van der Waals surface area (Å²) in [7, 11) is 1.84. The van der Waals surface area contributed by atoms with Gasteiger partial charge in [0.25, 0.3) is 0 Å². The Hall–Kier alpha value is -1.13. The first-order chi connectivity index (χ1) is 13.3. The molecule has 8 heteroatoms. The van der Waals surface area contributed by atoms with Crippen molar-refractivity contribution >= 4 is 41.3 Å². The molecule has 1 aliphatic rings. The summed E-state index contributed by atoms with van der Waals surface area (Å²) in [5.41, 5.74) is 0. The molecule has 2 aromatic heterocycles. The first kappa shape index (κ1) is 23.2. The average molecular weight is 516 g/mol.